The summed E-state index contributed by atoms with van der Waals surface area (Å²) in [6.07, 6.45) is 4.90. The van der Waals surface area contributed by atoms with Crippen molar-refractivity contribution in [2.45, 2.75) is 31.2 Å². The molecule has 1 aromatic carbocycles. The van der Waals surface area contributed by atoms with Gasteiger partial charge < -0.3 is 14.5 Å². The first kappa shape index (κ1) is 15.1. The summed E-state index contributed by atoms with van der Waals surface area (Å²) in [5.74, 6) is 0.334. The van der Waals surface area contributed by atoms with E-state index in [-0.39, 0.29) is 5.69 Å². The van der Waals surface area contributed by atoms with Crippen LogP contribution in [-0.2, 0) is 0 Å². The number of nitro groups is 1. The molecule has 0 aromatic heterocycles. The summed E-state index contributed by atoms with van der Waals surface area (Å²) in [6.45, 7) is 3.18. The lowest BCUT2D eigenvalue weighted by Gasteiger charge is -2.44. The van der Waals surface area contributed by atoms with Crippen LogP contribution in [0.3, 0.4) is 0 Å². The van der Waals surface area contributed by atoms with Gasteiger partial charge in [-0.3, -0.25) is 10.1 Å². The zero-order valence-corrected chi connectivity index (χ0v) is 13.2. The number of benzene rings is 1. The van der Waals surface area contributed by atoms with Crippen molar-refractivity contribution in [2.75, 3.05) is 38.7 Å². The fourth-order valence-electron chi connectivity index (χ4n) is 3.90. The summed E-state index contributed by atoms with van der Waals surface area (Å²) >= 11 is 0. The van der Waals surface area contributed by atoms with Gasteiger partial charge in [-0.25, -0.2) is 0 Å². The van der Waals surface area contributed by atoms with Gasteiger partial charge in [0.2, 0.25) is 0 Å². The second-order valence-electron chi connectivity index (χ2n) is 6.35. The Morgan fingerprint density at radius 1 is 1.23 bits per heavy atom. The lowest BCUT2D eigenvalue weighted by atomic mass is 9.85. The van der Waals surface area contributed by atoms with Crippen LogP contribution in [0.15, 0.2) is 18.2 Å². The third-order valence-electron chi connectivity index (χ3n) is 5.36. The highest BCUT2D eigenvalue weighted by atomic mass is 16.6. The summed E-state index contributed by atoms with van der Waals surface area (Å²) in [7, 11) is 3.71. The number of nitrogens with zero attached hydrogens (tertiary/aromatic N) is 3. The molecule has 0 aliphatic carbocycles. The predicted octanol–water partition coefficient (Wildman–Crippen LogP) is 2.67. The number of nitro benzene ring substituents is 1. The van der Waals surface area contributed by atoms with Crippen LogP contribution in [-0.4, -0.2) is 49.2 Å². The van der Waals surface area contributed by atoms with E-state index in [0.717, 1.165) is 31.6 Å². The van der Waals surface area contributed by atoms with E-state index >= 15 is 0 Å². The standard InChI is InChI=1S/C16H23N3O3/c1-17-9-3-6-16(17)7-10-18(11-8-16)13-4-5-14(19(20)21)15(12-13)22-2/h4-5,12H,3,6-11H2,1-2H3. The molecule has 3 rings (SSSR count). The van der Waals surface area contributed by atoms with Crippen molar-refractivity contribution >= 4 is 11.4 Å². The van der Waals surface area contributed by atoms with Gasteiger partial charge in [0, 0.05) is 36.4 Å². The quantitative estimate of drug-likeness (QED) is 0.635. The first-order valence-electron chi connectivity index (χ1n) is 7.84. The topological polar surface area (TPSA) is 58.8 Å². The molecule has 0 amide bonds. The molecule has 6 heteroatoms. The average molecular weight is 305 g/mol. The molecule has 0 radical (unpaired) electrons. The molecule has 22 heavy (non-hydrogen) atoms. The van der Waals surface area contributed by atoms with E-state index in [1.165, 1.54) is 26.5 Å². The van der Waals surface area contributed by atoms with E-state index in [1.807, 2.05) is 6.07 Å². The Balaban J connectivity index is 1.75. The molecule has 2 heterocycles. The van der Waals surface area contributed by atoms with Crippen molar-refractivity contribution in [2.24, 2.45) is 0 Å². The highest BCUT2D eigenvalue weighted by molar-refractivity contribution is 5.59. The third kappa shape index (κ3) is 2.52. The number of ether oxygens (including phenoxy) is 1. The number of rotatable bonds is 3. The van der Waals surface area contributed by atoms with Crippen molar-refractivity contribution in [1.29, 1.82) is 0 Å². The Bertz CT molecular complexity index is 568. The number of likely N-dealkylation sites (tertiary alicyclic amines) is 1. The fourth-order valence-corrected chi connectivity index (χ4v) is 3.90. The van der Waals surface area contributed by atoms with E-state index in [9.17, 15) is 10.1 Å². The van der Waals surface area contributed by atoms with Crippen molar-refractivity contribution in [3.63, 3.8) is 0 Å². The number of hydrogen-bond donors (Lipinski definition) is 0. The largest absolute Gasteiger partial charge is 0.490 e. The van der Waals surface area contributed by atoms with Crippen LogP contribution < -0.4 is 9.64 Å². The first-order valence-corrected chi connectivity index (χ1v) is 7.84. The van der Waals surface area contributed by atoms with Crippen LogP contribution in [0.25, 0.3) is 0 Å². The molecule has 1 spiro atoms. The van der Waals surface area contributed by atoms with E-state index in [0.29, 0.717) is 11.3 Å². The Hall–Kier alpha value is -1.82. The Morgan fingerprint density at radius 3 is 2.50 bits per heavy atom. The van der Waals surface area contributed by atoms with Gasteiger partial charge in [0.15, 0.2) is 5.75 Å². The summed E-state index contributed by atoms with van der Waals surface area (Å²) in [5.41, 5.74) is 1.41. The molecule has 0 N–H and O–H groups in total. The molecule has 1 aromatic rings. The minimum absolute atomic E-state index is 0.0234. The molecular formula is C16H23N3O3. The monoisotopic (exact) mass is 305 g/mol. The van der Waals surface area contributed by atoms with Gasteiger partial charge in [-0.1, -0.05) is 0 Å². The molecule has 2 aliphatic rings. The van der Waals surface area contributed by atoms with E-state index in [2.05, 4.69) is 16.8 Å². The van der Waals surface area contributed by atoms with Gasteiger partial charge in [-0.05, 0) is 45.3 Å². The summed E-state index contributed by atoms with van der Waals surface area (Å²) in [6, 6.07) is 5.16. The summed E-state index contributed by atoms with van der Waals surface area (Å²) in [5, 5.41) is 11.0. The molecule has 2 saturated heterocycles. The SMILES string of the molecule is COc1cc(N2CCC3(CCCN3C)CC2)ccc1[N+](=O)[O-]. The van der Waals surface area contributed by atoms with Crippen molar-refractivity contribution in [3.8, 4) is 5.75 Å². The van der Waals surface area contributed by atoms with E-state index in [4.69, 9.17) is 4.74 Å². The minimum Gasteiger partial charge on any atom is -0.490 e. The normalized spacial score (nSPS) is 21.3. The van der Waals surface area contributed by atoms with Crippen molar-refractivity contribution < 1.29 is 9.66 Å². The van der Waals surface area contributed by atoms with Crippen LogP contribution in [0.4, 0.5) is 11.4 Å². The van der Waals surface area contributed by atoms with Gasteiger partial charge in [-0.2, -0.15) is 0 Å². The maximum atomic E-state index is 11.0. The predicted molar refractivity (Wildman–Crippen MR) is 85.7 cm³/mol. The molecular weight excluding hydrogens is 282 g/mol. The van der Waals surface area contributed by atoms with Crippen LogP contribution >= 0.6 is 0 Å². The number of methoxy groups -OCH3 is 1. The summed E-state index contributed by atoms with van der Waals surface area (Å²) in [4.78, 5) is 15.4. The molecule has 0 bridgehead atoms. The zero-order valence-electron chi connectivity index (χ0n) is 13.2. The zero-order chi connectivity index (χ0) is 15.7. The van der Waals surface area contributed by atoms with Crippen LogP contribution in [0.1, 0.15) is 25.7 Å². The van der Waals surface area contributed by atoms with Gasteiger partial charge in [0.25, 0.3) is 0 Å². The van der Waals surface area contributed by atoms with Gasteiger partial charge in [-0.15, -0.1) is 0 Å². The molecule has 0 saturated carbocycles. The average Bonchev–Trinajstić information content (AvgIpc) is 2.88. The van der Waals surface area contributed by atoms with Crippen LogP contribution in [0.5, 0.6) is 5.75 Å². The van der Waals surface area contributed by atoms with Crippen LogP contribution in [0.2, 0.25) is 0 Å². The highest BCUT2D eigenvalue weighted by Crippen LogP contribution is 2.39. The smallest absolute Gasteiger partial charge is 0.311 e. The van der Waals surface area contributed by atoms with E-state index < -0.39 is 4.92 Å². The van der Waals surface area contributed by atoms with Crippen LogP contribution in [0, 0.1) is 10.1 Å². The van der Waals surface area contributed by atoms with Gasteiger partial charge in [0.1, 0.15) is 0 Å². The molecule has 2 fully saturated rings. The molecule has 0 unspecified atom stereocenters. The van der Waals surface area contributed by atoms with Gasteiger partial charge in [0.05, 0.1) is 12.0 Å². The second-order valence-corrected chi connectivity index (χ2v) is 6.35. The molecule has 6 nitrogen and oxygen atoms in total. The molecule has 0 atom stereocenters. The minimum atomic E-state index is -0.401. The molecule has 120 valence electrons. The van der Waals surface area contributed by atoms with Crippen molar-refractivity contribution in [1.82, 2.24) is 4.90 Å². The lowest BCUT2D eigenvalue weighted by Crippen LogP contribution is -2.50. The lowest BCUT2D eigenvalue weighted by molar-refractivity contribution is -0.385. The summed E-state index contributed by atoms with van der Waals surface area (Å²) < 4.78 is 5.17. The maximum absolute atomic E-state index is 11.0. The first-order chi connectivity index (χ1) is 10.6. The Morgan fingerprint density at radius 2 is 1.95 bits per heavy atom. The van der Waals surface area contributed by atoms with E-state index in [1.54, 1.807) is 12.1 Å². The van der Waals surface area contributed by atoms with Gasteiger partial charge >= 0.3 is 5.69 Å². The highest BCUT2D eigenvalue weighted by Gasteiger charge is 2.41. The molecule has 2 aliphatic heterocycles. The van der Waals surface area contributed by atoms with Crippen molar-refractivity contribution in [3.05, 3.63) is 28.3 Å². The fraction of sp³-hybridized carbons (Fsp3) is 0.625. The maximum Gasteiger partial charge on any atom is 0.311 e. The third-order valence-corrected chi connectivity index (χ3v) is 5.36. The Kier molecular flexibility index (Phi) is 3.95. The number of piperidine rings is 1. The number of anilines is 1. The number of hydrogen-bond acceptors (Lipinski definition) is 5. The second kappa shape index (κ2) is 5.76. The Labute approximate surface area is 130 Å².